The summed E-state index contributed by atoms with van der Waals surface area (Å²) in [6.07, 6.45) is 5.97. The Hall–Kier alpha value is -2.31. The largest absolute Gasteiger partial charge is 0.493 e. The van der Waals surface area contributed by atoms with E-state index in [9.17, 15) is 14.4 Å². The fourth-order valence-electron chi connectivity index (χ4n) is 3.70. The maximum atomic E-state index is 12.8. The van der Waals surface area contributed by atoms with Crippen LogP contribution < -0.4 is 10.1 Å². The normalized spacial score (nSPS) is 26.8. The van der Waals surface area contributed by atoms with Crippen LogP contribution >= 0.6 is 23.2 Å². The molecule has 3 unspecified atom stereocenters. The molecule has 0 bridgehead atoms. The lowest BCUT2D eigenvalue weighted by molar-refractivity contribution is -0.136. The molecule has 4 rings (SSSR count). The molecule has 8 heteroatoms. The van der Waals surface area contributed by atoms with E-state index < -0.39 is 11.9 Å². The Morgan fingerprint density at radius 1 is 1.25 bits per heavy atom. The van der Waals surface area contributed by atoms with Crippen molar-refractivity contribution in [3.8, 4) is 5.75 Å². The van der Waals surface area contributed by atoms with Gasteiger partial charge in [-0.2, -0.15) is 0 Å². The molecule has 0 aromatic heterocycles. The lowest BCUT2D eigenvalue weighted by Gasteiger charge is -2.29. The summed E-state index contributed by atoms with van der Waals surface area (Å²) in [5.41, 5.74) is 1.26. The Bertz CT molecular complexity index is 911. The van der Waals surface area contributed by atoms with Crippen LogP contribution in [0.3, 0.4) is 0 Å². The van der Waals surface area contributed by atoms with Gasteiger partial charge >= 0.3 is 0 Å². The summed E-state index contributed by atoms with van der Waals surface area (Å²) in [5, 5.41) is 2.69. The maximum Gasteiger partial charge on any atom is 0.255 e. The molecule has 1 N–H and O–H groups in total. The first-order valence-corrected chi connectivity index (χ1v) is 9.84. The zero-order chi connectivity index (χ0) is 19.8. The van der Waals surface area contributed by atoms with Crippen molar-refractivity contribution < 1.29 is 19.1 Å². The van der Waals surface area contributed by atoms with Crippen molar-refractivity contribution in [1.29, 1.82) is 0 Å². The molecular formula is C20H18Cl2N2O4. The first-order valence-electron chi connectivity index (χ1n) is 9.03. The van der Waals surface area contributed by atoms with Gasteiger partial charge in [0.25, 0.3) is 5.91 Å². The van der Waals surface area contributed by atoms with E-state index >= 15 is 0 Å². The third-order valence-electron chi connectivity index (χ3n) is 5.19. The Kier molecular flexibility index (Phi) is 5.17. The monoisotopic (exact) mass is 420 g/mol. The van der Waals surface area contributed by atoms with Crippen molar-refractivity contribution in [3.63, 3.8) is 0 Å². The van der Waals surface area contributed by atoms with E-state index in [0.29, 0.717) is 29.4 Å². The van der Waals surface area contributed by atoms with Crippen molar-refractivity contribution in [2.75, 3.05) is 6.61 Å². The first-order chi connectivity index (χ1) is 13.4. The number of halogens is 2. The molecular weight excluding hydrogens is 403 g/mol. The minimum atomic E-state index is -0.650. The smallest absolute Gasteiger partial charge is 0.255 e. The van der Waals surface area contributed by atoms with Crippen LogP contribution in [0.15, 0.2) is 41.5 Å². The molecule has 1 aromatic rings. The van der Waals surface area contributed by atoms with Crippen molar-refractivity contribution in [1.82, 2.24) is 10.2 Å². The highest BCUT2D eigenvalue weighted by atomic mass is 35.5. The number of amides is 3. The van der Waals surface area contributed by atoms with Crippen LogP contribution in [-0.2, 0) is 16.1 Å². The molecule has 2 heterocycles. The second-order valence-corrected chi connectivity index (χ2v) is 7.95. The number of nitrogens with one attached hydrogen (secondary N) is 1. The third kappa shape index (κ3) is 3.54. The van der Waals surface area contributed by atoms with Gasteiger partial charge in [0.2, 0.25) is 11.8 Å². The third-order valence-corrected chi connectivity index (χ3v) is 5.91. The van der Waals surface area contributed by atoms with Gasteiger partial charge in [0.15, 0.2) is 0 Å². The summed E-state index contributed by atoms with van der Waals surface area (Å²) >= 11 is 12.4. The van der Waals surface area contributed by atoms with Crippen molar-refractivity contribution in [3.05, 3.63) is 52.6 Å². The molecule has 1 aliphatic carbocycles. The molecule has 146 valence electrons. The number of benzene rings is 1. The summed E-state index contributed by atoms with van der Waals surface area (Å²) in [6.45, 7) is 0.583. The average Bonchev–Trinajstić information content (AvgIpc) is 3.00. The molecule has 0 spiro atoms. The molecule has 1 fully saturated rings. The standard InChI is InChI=1S/C20H18Cl2N2O4/c21-12-4-5-15(22)11(8-12)10-28-17-3-1-2-13-14(17)9-24(20(13)27)16-6-7-18(25)23-19(16)26/h1-5,8,11,15-16H,6-7,9-10H2,(H,23,25,26). The highest BCUT2D eigenvalue weighted by molar-refractivity contribution is 6.31. The van der Waals surface area contributed by atoms with Gasteiger partial charge < -0.3 is 9.64 Å². The van der Waals surface area contributed by atoms with Crippen LogP contribution in [0, 0.1) is 5.92 Å². The zero-order valence-corrected chi connectivity index (χ0v) is 16.4. The number of hydrogen-bond donors (Lipinski definition) is 1. The van der Waals surface area contributed by atoms with Gasteiger partial charge in [-0.1, -0.05) is 29.8 Å². The molecule has 2 aliphatic heterocycles. The number of alkyl halides is 1. The molecule has 1 aromatic carbocycles. The second-order valence-electron chi connectivity index (χ2n) is 7.01. The predicted molar refractivity (Wildman–Crippen MR) is 104 cm³/mol. The lowest BCUT2D eigenvalue weighted by atomic mass is 10.0. The number of ether oxygens (including phenoxy) is 1. The Labute approximate surface area is 172 Å². The number of fused-ring (bicyclic) bond motifs is 1. The number of nitrogens with zero attached hydrogens (tertiary/aromatic N) is 1. The number of allylic oxidation sites excluding steroid dienone is 3. The average molecular weight is 421 g/mol. The van der Waals surface area contributed by atoms with Crippen LogP contribution in [0.25, 0.3) is 0 Å². The van der Waals surface area contributed by atoms with E-state index in [-0.39, 0.29) is 36.1 Å². The van der Waals surface area contributed by atoms with Gasteiger partial charge in [-0.15, -0.1) is 11.6 Å². The number of hydrogen-bond acceptors (Lipinski definition) is 4. The highest BCUT2D eigenvalue weighted by Gasteiger charge is 2.40. The second kappa shape index (κ2) is 7.60. The molecule has 3 atom stereocenters. The topological polar surface area (TPSA) is 75.7 Å². The van der Waals surface area contributed by atoms with Crippen molar-refractivity contribution >= 4 is 40.9 Å². The van der Waals surface area contributed by atoms with Crippen LogP contribution in [0.1, 0.15) is 28.8 Å². The Morgan fingerprint density at radius 2 is 2.07 bits per heavy atom. The summed E-state index contributed by atoms with van der Waals surface area (Å²) < 4.78 is 5.98. The van der Waals surface area contributed by atoms with E-state index in [0.717, 1.165) is 5.56 Å². The number of piperidine rings is 1. The summed E-state index contributed by atoms with van der Waals surface area (Å²) in [6, 6.07) is 4.62. The highest BCUT2D eigenvalue weighted by Crippen LogP contribution is 2.34. The van der Waals surface area contributed by atoms with Gasteiger partial charge in [0.05, 0.1) is 18.5 Å². The lowest BCUT2D eigenvalue weighted by Crippen LogP contribution is -2.52. The SMILES string of the molecule is O=C1CCC(N2Cc3c(OCC4C=C(Cl)C=CC4Cl)cccc3C2=O)C(=O)N1. The number of imide groups is 1. The van der Waals surface area contributed by atoms with Gasteiger partial charge in [-0.05, 0) is 24.6 Å². The number of rotatable bonds is 4. The van der Waals surface area contributed by atoms with Crippen molar-refractivity contribution in [2.45, 2.75) is 30.8 Å². The number of carbonyl (C=O) groups is 3. The summed E-state index contributed by atoms with van der Waals surface area (Å²) in [7, 11) is 0. The quantitative estimate of drug-likeness (QED) is 0.599. The minimum Gasteiger partial charge on any atom is -0.493 e. The molecule has 0 saturated carbocycles. The molecule has 0 radical (unpaired) electrons. The van der Waals surface area contributed by atoms with Gasteiger partial charge in [-0.25, -0.2) is 0 Å². The van der Waals surface area contributed by atoms with E-state index in [4.69, 9.17) is 27.9 Å². The zero-order valence-electron chi connectivity index (χ0n) is 14.9. The Morgan fingerprint density at radius 3 is 2.86 bits per heavy atom. The molecule has 3 amide bonds. The fourth-order valence-corrected chi connectivity index (χ4v) is 4.15. The van der Waals surface area contributed by atoms with E-state index in [2.05, 4.69) is 5.32 Å². The summed E-state index contributed by atoms with van der Waals surface area (Å²) in [5.74, 6) is -0.465. The molecule has 28 heavy (non-hydrogen) atoms. The minimum absolute atomic E-state index is 0.0848. The van der Waals surface area contributed by atoms with Crippen LogP contribution in [0.5, 0.6) is 5.75 Å². The number of carbonyl (C=O) groups excluding carboxylic acids is 3. The van der Waals surface area contributed by atoms with Gasteiger partial charge in [-0.3, -0.25) is 19.7 Å². The van der Waals surface area contributed by atoms with Crippen LogP contribution in [0.4, 0.5) is 0 Å². The maximum absolute atomic E-state index is 12.8. The molecule has 3 aliphatic rings. The Balaban J connectivity index is 1.51. The van der Waals surface area contributed by atoms with E-state index in [1.807, 2.05) is 12.2 Å². The van der Waals surface area contributed by atoms with E-state index in [1.54, 1.807) is 24.3 Å². The first kappa shape index (κ1) is 19.0. The van der Waals surface area contributed by atoms with Gasteiger partial charge in [0, 0.05) is 28.5 Å². The summed E-state index contributed by atoms with van der Waals surface area (Å²) in [4.78, 5) is 37.9. The van der Waals surface area contributed by atoms with E-state index in [1.165, 1.54) is 4.90 Å². The predicted octanol–water partition coefficient (Wildman–Crippen LogP) is 2.74. The fraction of sp³-hybridized carbons (Fsp3) is 0.350. The van der Waals surface area contributed by atoms with Crippen molar-refractivity contribution in [2.24, 2.45) is 5.92 Å². The van der Waals surface area contributed by atoms with Gasteiger partial charge in [0.1, 0.15) is 11.8 Å². The molecule has 6 nitrogen and oxygen atoms in total. The van der Waals surface area contributed by atoms with Crippen LogP contribution in [0.2, 0.25) is 0 Å². The molecule has 1 saturated heterocycles. The van der Waals surface area contributed by atoms with Crippen LogP contribution in [-0.4, -0.2) is 40.6 Å².